The molecule has 0 bridgehead atoms. The molecule has 0 aliphatic heterocycles. The highest BCUT2D eigenvalue weighted by Gasteiger charge is 2.18. The van der Waals surface area contributed by atoms with Crippen LogP contribution in [-0.4, -0.2) is 23.2 Å². The Hall–Kier alpha value is -2.40. The monoisotopic (exact) mass is 299 g/mol. The molecular weight excluding hydrogens is 286 g/mol. The maximum Gasteiger partial charge on any atom is 0.353 e. The first kappa shape index (κ1) is 13.6. The number of carboxylic acid groups (broad SMARTS) is 1. The fourth-order valence-electron chi connectivity index (χ4n) is 2.14. The van der Waals surface area contributed by atoms with Gasteiger partial charge in [0.2, 0.25) is 0 Å². The SMILES string of the molecule is COc1ccc2c(Sc3ccccc3)c(C(=O)O)[nH]c2c1. The van der Waals surface area contributed by atoms with Gasteiger partial charge in [0.15, 0.2) is 0 Å². The molecular formula is C16H13NO3S. The third-order valence-corrected chi connectivity index (χ3v) is 4.27. The van der Waals surface area contributed by atoms with Crippen molar-refractivity contribution in [2.24, 2.45) is 0 Å². The summed E-state index contributed by atoms with van der Waals surface area (Å²) in [5.41, 5.74) is 0.956. The number of rotatable bonds is 4. The largest absolute Gasteiger partial charge is 0.497 e. The second-order valence-electron chi connectivity index (χ2n) is 4.46. The van der Waals surface area contributed by atoms with Gasteiger partial charge in [-0.2, -0.15) is 0 Å². The van der Waals surface area contributed by atoms with Crippen molar-refractivity contribution in [2.45, 2.75) is 9.79 Å². The molecule has 2 N–H and O–H groups in total. The fourth-order valence-corrected chi connectivity index (χ4v) is 3.20. The average Bonchev–Trinajstić information content (AvgIpc) is 2.86. The van der Waals surface area contributed by atoms with Crippen molar-refractivity contribution in [3.8, 4) is 5.75 Å². The molecule has 0 aliphatic rings. The van der Waals surface area contributed by atoms with Crippen LogP contribution in [0.25, 0.3) is 10.9 Å². The zero-order valence-corrected chi connectivity index (χ0v) is 12.1. The van der Waals surface area contributed by atoms with Crippen LogP contribution in [-0.2, 0) is 0 Å². The minimum atomic E-state index is -0.969. The predicted octanol–water partition coefficient (Wildman–Crippen LogP) is 4.03. The van der Waals surface area contributed by atoms with Gasteiger partial charge in [-0.25, -0.2) is 4.79 Å². The number of benzene rings is 2. The lowest BCUT2D eigenvalue weighted by atomic mass is 10.2. The summed E-state index contributed by atoms with van der Waals surface area (Å²) in [6, 6.07) is 15.2. The maximum absolute atomic E-state index is 11.5. The van der Waals surface area contributed by atoms with Gasteiger partial charge in [0, 0.05) is 16.3 Å². The first-order valence-corrected chi connectivity index (χ1v) is 7.16. The van der Waals surface area contributed by atoms with Gasteiger partial charge in [0.1, 0.15) is 11.4 Å². The van der Waals surface area contributed by atoms with Gasteiger partial charge in [-0.05, 0) is 24.3 Å². The summed E-state index contributed by atoms with van der Waals surface area (Å²) in [7, 11) is 1.59. The number of fused-ring (bicyclic) bond motifs is 1. The van der Waals surface area contributed by atoms with Crippen LogP contribution in [0.2, 0.25) is 0 Å². The minimum Gasteiger partial charge on any atom is -0.497 e. The van der Waals surface area contributed by atoms with E-state index < -0.39 is 5.97 Å². The minimum absolute atomic E-state index is 0.201. The maximum atomic E-state index is 11.5. The molecule has 1 aromatic heterocycles. The fraction of sp³-hybridized carbons (Fsp3) is 0.0625. The Bertz CT molecular complexity index is 796. The van der Waals surface area contributed by atoms with E-state index in [0.29, 0.717) is 10.6 Å². The number of ether oxygens (including phenoxy) is 1. The highest BCUT2D eigenvalue weighted by molar-refractivity contribution is 7.99. The Morgan fingerprint density at radius 3 is 2.62 bits per heavy atom. The van der Waals surface area contributed by atoms with E-state index >= 15 is 0 Å². The second-order valence-corrected chi connectivity index (χ2v) is 5.54. The van der Waals surface area contributed by atoms with Crippen LogP contribution < -0.4 is 4.74 Å². The highest BCUT2D eigenvalue weighted by atomic mass is 32.2. The normalized spacial score (nSPS) is 10.7. The van der Waals surface area contributed by atoms with E-state index in [1.165, 1.54) is 11.8 Å². The van der Waals surface area contributed by atoms with E-state index in [2.05, 4.69) is 4.98 Å². The van der Waals surface area contributed by atoms with Gasteiger partial charge in [0.05, 0.1) is 17.5 Å². The summed E-state index contributed by atoms with van der Waals surface area (Å²) in [4.78, 5) is 16.1. The molecule has 0 aliphatic carbocycles. The second kappa shape index (κ2) is 5.54. The first-order chi connectivity index (χ1) is 10.2. The zero-order chi connectivity index (χ0) is 14.8. The number of aromatic nitrogens is 1. The lowest BCUT2D eigenvalue weighted by molar-refractivity contribution is 0.0688. The lowest BCUT2D eigenvalue weighted by Gasteiger charge is -2.02. The van der Waals surface area contributed by atoms with E-state index in [0.717, 1.165) is 15.8 Å². The summed E-state index contributed by atoms with van der Waals surface area (Å²) >= 11 is 1.44. The summed E-state index contributed by atoms with van der Waals surface area (Å²) in [6.45, 7) is 0. The summed E-state index contributed by atoms with van der Waals surface area (Å²) in [6.07, 6.45) is 0. The van der Waals surface area contributed by atoms with Crippen LogP contribution in [0.15, 0.2) is 58.3 Å². The number of methoxy groups -OCH3 is 1. The number of hydrogen-bond acceptors (Lipinski definition) is 3. The van der Waals surface area contributed by atoms with Crippen LogP contribution in [0.1, 0.15) is 10.5 Å². The number of aromatic amines is 1. The lowest BCUT2D eigenvalue weighted by Crippen LogP contribution is -1.97. The molecule has 2 aromatic carbocycles. The number of carboxylic acids is 1. The highest BCUT2D eigenvalue weighted by Crippen LogP contribution is 2.37. The third kappa shape index (κ3) is 2.60. The van der Waals surface area contributed by atoms with Crippen molar-refractivity contribution in [3.05, 3.63) is 54.2 Å². The molecule has 4 nitrogen and oxygen atoms in total. The summed E-state index contributed by atoms with van der Waals surface area (Å²) in [5, 5.41) is 10.3. The smallest absolute Gasteiger partial charge is 0.353 e. The Morgan fingerprint density at radius 2 is 1.95 bits per heavy atom. The molecule has 1 heterocycles. The zero-order valence-electron chi connectivity index (χ0n) is 11.3. The molecule has 0 spiro atoms. The summed E-state index contributed by atoms with van der Waals surface area (Å²) < 4.78 is 5.18. The van der Waals surface area contributed by atoms with Crippen LogP contribution in [0.4, 0.5) is 0 Å². The van der Waals surface area contributed by atoms with Crippen LogP contribution in [0.5, 0.6) is 5.75 Å². The van der Waals surface area contributed by atoms with Crippen molar-refractivity contribution in [1.29, 1.82) is 0 Å². The molecule has 21 heavy (non-hydrogen) atoms. The van der Waals surface area contributed by atoms with Crippen LogP contribution in [0, 0.1) is 0 Å². The molecule has 0 atom stereocenters. The number of H-pyrrole nitrogens is 1. The average molecular weight is 299 g/mol. The first-order valence-electron chi connectivity index (χ1n) is 6.35. The van der Waals surface area contributed by atoms with E-state index in [4.69, 9.17) is 4.74 Å². The van der Waals surface area contributed by atoms with Crippen molar-refractivity contribution in [2.75, 3.05) is 7.11 Å². The van der Waals surface area contributed by atoms with E-state index in [1.54, 1.807) is 13.2 Å². The van der Waals surface area contributed by atoms with E-state index in [9.17, 15) is 9.90 Å². The number of hydrogen-bond donors (Lipinski definition) is 2. The Labute approximate surface area is 125 Å². The Balaban J connectivity index is 2.14. The molecule has 3 rings (SSSR count). The molecule has 0 fully saturated rings. The molecule has 0 amide bonds. The van der Waals surface area contributed by atoms with Crippen molar-refractivity contribution in [1.82, 2.24) is 4.98 Å². The van der Waals surface area contributed by atoms with Gasteiger partial charge < -0.3 is 14.8 Å². The molecule has 0 unspecified atom stereocenters. The predicted molar refractivity (Wildman–Crippen MR) is 82.4 cm³/mol. The molecule has 0 saturated carbocycles. The topological polar surface area (TPSA) is 62.3 Å². The van der Waals surface area contributed by atoms with E-state index in [1.807, 2.05) is 42.5 Å². The molecule has 5 heteroatoms. The van der Waals surface area contributed by atoms with Crippen LogP contribution >= 0.6 is 11.8 Å². The molecule has 0 saturated heterocycles. The molecule has 106 valence electrons. The van der Waals surface area contributed by atoms with Crippen molar-refractivity contribution in [3.63, 3.8) is 0 Å². The van der Waals surface area contributed by atoms with Crippen LogP contribution in [0.3, 0.4) is 0 Å². The molecule has 3 aromatic rings. The standard InChI is InChI=1S/C16H13NO3S/c1-20-10-7-8-12-13(9-10)17-14(16(18)19)15(12)21-11-5-3-2-4-6-11/h2-9,17H,1H3,(H,18,19). The number of aromatic carboxylic acids is 1. The Morgan fingerprint density at radius 1 is 1.19 bits per heavy atom. The Kier molecular flexibility index (Phi) is 3.58. The van der Waals surface area contributed by atoms with Gasteiger partial charge >= 0.3 is 5.97 Å². The quantitative estimate of drug-likeness (QED) is 0.763. The van der Waals surface area contributed by atoms with Gasteiger partial charge in [0.25, 0.3) is 0 Å². The summed E-state index contributed by atoms with van der Waals surface area (Å²) in [5.74, 6) is -0.277. The van der Waals surface area contributed by atoms with Gasteiger partial charge in [-0.1, -0.05) is 30.0 Å². The van der Waals surface area contributed by atoms with E-state index in [-0.39, 0.29) is 5.69 Å². The van der Waals surface area contributed by atoms with Gasteiger partial charge in [-0.3, -0.25) is 0 Å². The van der Waals surface area contributed by atoms with Crippen molar-refractivity contribution >= 4 is 28.6 Å². The van der Waals surface area contributed by atoms with Crippen molar-refractivity contribution < 1.29 is 14.6 Å². The third-order valence-electron chi connectivity index (χ3n) is 3.14. The molecule has 0 radical (unpaired) electrons. The number of carbonyl (C=O) groups is 1. The number of nitrogens with one attached hydrogen (secondary N) is 1. The van der Waals surface area contributed by atoms with Gasteiger partial charge in [-0.15, -0.1) is 0 Å².